The Morgan fingerprint density at radius 2 is 2.10 bits per heavy atom. The fourth-order valence-corrected chi connectivity index (χ4v) is 0.689. The molecule has 0 fully saturated rings. The first-order valence-electron chi connectivity index (χ1n) is 3.10. The van der Waals surface area contributed by atoms with E-state index < -0.39 is 0 Å². The second-order valence-electron chi connectivity index (χ2n) is 2.32. The maximum absolute atomic E-state index is 5.46. The van der Waals surface area contributed by atoms with E-state index in [4.69, 9.17) is 5.73 Å². The maximum atomic E-state index is 5.46. The molecule has 0 aliphatic carbocycles. The third kappa shape index (κ3) is 1.37. The van der Waals surface area contributed by atoms with Gasteiger partial charge in [-0.25, -0.2) is 4.98 Å². The van der Waals surface area contributed by atoms with Crippen LogP contribution >= 0.6 is 0 Å². The van der Waals surface area contributed by atoms with E-state index in [1.807, 2.05) is 31.1 Å². The van der Waals surface area contributed by atoms with Crippen LogP contribution in [0.3, 0.4) is 0 Å². The van der Waals surface area contributed by atoms with Gasteiger partial charge >= 0.3 is 0 Å². The second-order valence-corrected chi connectivity index (χ2v) is 2.32. The summed E-state index contributed by atoms with van der Waals surface area (Å²) in [6, 6.07) is 5.57. The van der Waals surface area contributed by atoms with E-state index in [1.165, 1.54) is 0 Å². The van der Waals surface area contributed by atoms with Crippen LogP contribution in [0.5, 0.6) is 0 Å². The van der Waals surface area contributed by atoms with Crippen LogP contribution < -0.4 is 10.6 Å². The van der Waals surface area contributed by atoms with Crippen molar-refractivity contribution in [3.8, 4) is 0 Å². The minimum atomic E-state index is 0.561. The Morgan fingerprint density at radius 3 is 2.50 bits per heavy atom. The van der Waals surface area contributed by atoms with Crippen molar-refractivity contribution in [3.63, 3.8) is 0 Å². The summed E-state index contributed by atoms with van der Waals surface area (Å²) >= 11 is 0. The van der Waals surface area contributed by atoms with Gasteiger partial charge in [0.25, 0.3) is 0 Å². The average molecular weight is 137 g/mol. The molecule has 0 aliphatic rings. The molecule has 0 saturated heterocycles. The quantitative estimate of drug-likeness (QED) is 0.620. The predicted molar refractivity (Wildman–Crippen MR) is 43.0 cm³/mol. The molecular formula is C7H11N3. The highest BCUT2D eigenvalue weighted by molar-refractivity contribution is 5.43. The van der Waals surface area contributed by atoms with Crippen molar-refractivity contribution in [1.82, 2.24) is 4.98 Å². The Hall–Kier alpha value is -1.25. The maximum Gasteiger partial charge on any atom is 0.130 e. The van der Waals surface area contributed by atoms with Gasteiger partial charge in [0.05, 0.1) is 0 Å². The summed E-state index contributed by atoms with van der Waals surface area (Å²) in [4.78, 5) is 5.99. The van der Waals surface area contributed by atoms with Crippen molar-refractivity contribution in [1.29, 1.82) is 0 Å². The number of pyridine rings is 1. The summed E-state index contributed by atoms with van der Waals surface area (Å²) < 4.78 is 0. The number of hydrogen-bond acceptors (Lipinski definition) is 3. The van der Waals surface area contributed by atoms with E-state index in [9.17, 15) is 0 Å². The summed E-state index contributed by atoms with van der Waals surface area (Å²) in [7, 11) is 3.86. The molecule has 0 saturated carbocycles. The molecule has 1 rings (SSSR count). The highest BCUT2D eigenvalue weighted by Gasteiger charge is 1.93. The van der Waals surface area contributed by atoms with Gasteiger partial charge in [0.2, 0.25) is 0 Å². The molecule has 0 bridgehead atoms. The van der Waals surface area contributed by atoms with Crippen LogP contribution in [-0.2, 0) is 0 Å². The smallest absolute Gasteiger partial charge is 0.130 e. The standard InChI is InChI=1S/C7H11N3/c1-10(2)7-5-3-4-6(8)9-7/h3-5H,1-2H3,(H2,8,9). The van der Waals surface area contributed by atoms with Crippen molar-refractivity contribution in [2.45, 2.75) is 0 Å². The van der Waals surface area contributed by atoms with Gasteiger partial charge in [-0.1, -0.05) is 6.07 Å². The van der Waals surface area contributed by atoms with Crippen LogP contribution in [0.15, 0.2) is 18.2 Å². The lowest BCUT2D eigenvalue weighted by Gasteiger charge is -2.10. The molecule has 0 atom stereocenters. The molecule has 54 valence electrons. The van der Waals surface area contributed by atoms with Crippen molar-refractivity contribution < 1.29 is 0 Å². The molecule has 2 N–H and O–H groups in total. The van der Waals surface area contributed by atoms with Crippen LogP contribution in [0.4, 0.5) is 11.6 Å². The van der Waals surface area contributed by atoms with Crippen molar-refractivity contribution >= 4 is 11.6 Å². The lowest BCUT2D eigenvalue weighted by atomic mass is 10.4. The zero-order valence-electron chi connectivity index (χ0n) is 6.20. The molecule has 0 amide bonds. The summed E-state index contributed by atoms with van der Waals surface area (Å²) in [5, 5.41) is 0. The number of rotatable bonds is 1. The predicted octanol–water partition coefficient (Wildman–Crippen LogP) is 0.730. The molecule has 3 nitrogen and oxygen atoms in total. The van der Waals surface area contributed by atoms with E-state index >= 15 is 0 Å². The zero-order valence-corrected chi connectivity index (χ0v) is 6.20. The van der Waals surface area contributed by atoms with Gasteiger partial charge in [0.15, 0.2) is 0 Å². The third-order valence-corrected chi connectivity index (χ3v) is 1.21. The molecule has 10 heavy (non-hydrogen) atoms. The van der Waals surface area contributed by atoms with Gasteiger partial charge in [-0.05, 0) is 12.1 Å². The molecule has 1 heterocycles. The lowest BCUT2D eigenvalue weighted by molar-refractivity contribution is 1.07. The summed E-state index contributed by atoms with van der Waals surface area (Å²) in [5.41, 5.74) is 5.46. The minimum Gasteiger partial charge on any atom is -0.384 e. The van der Waals surface area contributed by atoms with Gasteiger partial charge in [-0.15, -0.1) is 0 Å². The average Bonchev–Trinajstić information content (AvgIpc) is 1.88. The number of nitrogens with zero attached hydrogens (tertiary/aromatic N) is 2. The topological polar surface area (TPSA) is 42.1 Å². The summed E-state index contributed by atoms with van der Waals surface area (Å²) in [6.45, 7) is 0. The highest BCUT2D eigenvalue weighted by Crippen LogP contribution is 2.07. The normalized spacial score (nSPS) is 9.40. The second kappa shape index (κ2) is 2.56. The SMILES string of the molecule is CN(C)c1cccc(N)n1. The Balaban J connectivity index is 2.96. The fraction of sp³-hybridized carbons (Fsp3) is 0.286. The molecule has 0 aromatic carbocycles. The van der Waals surface area contributed by atoms with Gasteiger partial charge in [-0.2, -0.15) is 0 Å². The Morgan fingerprint density at radius 1 is 1.40 bits per heavy atom. The Kier molecular flexibility index (Phi) is 1.76. The van der Waals surface area contributed by atoms with E-state index in [2.05, 4.69) is 4.98 Å². The molecule has 0 unspecified atom stereocenters. The monoisotopic (exact) mass is 137 g/mol. The van der Waals surface area contributed by atoms with Gasteiger partial charge in [0.1, 0.15) is 11.6 Å². The summed E-state index contributed by atoms with van der Waals surface area (Å²) in [5.74, 6) is 1.45. The van der Waals surface area contributed by atoms with E-state index in [-0.39, 0.29) is 0 Å². The highest BCUT2D eigenvalue weighted by atomic mass is 15.1. The van der Waals surface area contributed by atoms with Crippen LogP contribution in [0.1, 0.15) is 0 Å². The Bertz CT molecular complexity index is 220. The Labute approximate surface area is 60.5 Å². The van der Waals surface area contributed by atoms with E-state index in [0.717, 1.165) is 5.82 Å². The zero-order chi connectivity index (χ0) is 7.56. The number of nitrogen functional groups attached to an aromatic ring is 1. The minimum absolute atomic E-state index is 0.561. The first-order valence-corrected chi connectivity index (χ1v) is 3.10. The molecule has 1 aromatic heterocycles. The largest absolute Gasteiger partial charge is 0.384 e. The molecule has 1 aromatic rings. The van der Waals surface area contributed by atoms with Gasteiger partial charge in [0, 0.05) is 14.1 Å². The fourth-order valence-electron chi connectivity index (χ4n) is 0.689. The van der Waals surface area contributed by atoms with Gasteiger partial charge < -0.3 is 10.6 Å². The number of nitrogens with two attached hydrogens (primary N) is 1. The van der Waals surface area contributed by atoms with Crippen LogP contribution in [0, 0.1) is 0 Å². The van der Waals surface area contributed by atoms with Crippen molar-refractivity contribution in [2.75, 3.05) is 24.7 Å². The van der Waals surface area contributed by atoms with E-state index in [0.29, 0.717) is 5.82 Å². The summed E-state index contributed by atoms with van der Waals surface area (Å²) in [6.07, 6.45) is 0. The number of aromatic nitrogens is 1. The van der Waals surface area contributed by atoms with Gasteiger partial charge in [-0.3, -0.25) is 0 Å². The third-order valence-electron chi connectivity index (χ3n) is 1.21. The van der Waals surface area contributed by atoms with Crippen LogP contribution in [0.2, 0.25) is 0 Å². The molecule has 0 aliphatic heterocycles. The number of hydrogen-bond donors (Lipinski definition) is 1. The number of anilines is 2. The molecule has 3 heteroatoms. The molecular weight excluding hydrogens is 126 g/mol. The van der Waals surface area contributed by atoms with E-state index in [1.54, 1.807) is 6.07 Å². The van der Waals surface area contributed by atoms with Crippen LogP contribution in [-0.4, -0.2) is 19.1 Å². The molecule has 0 radical (unpaired) electrons. The van der Waals surface area contributed by atoms with Crippen molar-refractivity contribution in [3.05, 3.63) is 18.2 Å². The molecule has 0 spiro atoms. The van der Waals surface area contributed by atoms with Crippen molar-refractivity contribution in [2.24, 2.45) is 0 Å². The first kappa shape index (κ1) is 6.86. The first-order chi connectivity index (χ1) is 4.70. The van der Waals surface area contributed by atoms with Crippen LogP contribution in [0.25, 0.3) is 0 Å². The lowest BCUT2D eigenvalue weighted by Crippen LogP contribution is -2.10.